The van der Waals surface area contributed by atoms with Gasteiger partial charge in [-0.2, -0.15) is 0 Å². The van der Waals surface area contributed by atoms with Crippen LogP contribution in [0, 0.1) is 0 Å². The lowest BCUT2D eigenvalue weighted by molar-refractivity contribution is 0.104. The van der Waals surface area contributed by atoms with E-state index in [-0.39, 0.29) is 10.8 Å². The van der Waals surface area contributed by atoms with Gasteiger partial charge in [0, 0.05) is 10.0 Å². The van der Waals surface area contributed by atoms with Crippen molar-refractivity contribution in [3.8, 4) is 0 Å². The number of benzene rings is 1. The van der Waals surface area contributed by atoms with Gasteiger partial charge in [-0.15, -0.1) is 0 Å². The molecule has 0 N–H and O–H groups in total. The average molecular weight is 246 g/mol. The van der Waals surface area contributed by atoms with Gasteiger partial charge in [-0.1, -0.05) is 34.1 Å². The van der Waals surface area contributed by atoms with Crippen molar-refractivity contribution in [2.45, 2.75) is 0 Å². The van der Waals surface area contributed by atoms with E-state index in [0.717, 1.165) is 4.47 Å². The zero-order valence-corrected chi connectivity index (χ0v) is 8.52. The first-order valence-corrected chi connectivity index (χ1v) is 4.43. The summed E-state index contributed by atoms with van der Waals surface area (Å²) >= 11 is 8.71. The van der Waals surface area contributed by atoms with Crippen molar-refractivity contribution < 1.29 is 4.79 Å². The van der Waals surface area contributed by atoms with Crippen LogP contribution in [0.25, 0.3) is 0 Å². The Labute approximate surface area is 84.2 Å². The highest BCUT2D eigenvalue weighted by Crippen LogP contribution is 2.14. The molecule has 62 valence electrons. The van der Waals surface area contributed by atoms with Gasteiger partial charge < -0.3 is 0 Å². The Bertz CT molecular complexity index is 316. The summed E-state index contributed by atoms with van der Waals surface area (Å²) in [5.41, 5.74) is 0.554. The van der Waals surface area contributed by atoms with Crippen molar-refractivity contribution in [3.63, 3.8) is 0 Å². The van der Waals surface area contributed by atoms with Crippen LogP contribution in [0.15, 0.2) is 40.3 Å². The number of rotatable bonds is 2. The molecule has 0 fully saturated rings. The summed E-state index contributed by atoms with van der Waals surface area (Å²) in [5.74, 6) is -0.232. The van der Waals surface area contributed by atoms with Crippen LogP contribution in [0.1, 0.15) is 10.4 Å². The van der Waals surface area contributed by atoms with Crippen LogP contribution >= 0.6 is 27.5 Å². The molecule has 1 rings (SSSR count). The number of hydrogen-bond acceptors (Lipinski definition) is 1. The molecule has 0 bridgehead atoms. The maximum absolute atomic E-state index is 11.2. The van der Waals surface area contributed by atoms with Crippen molar-refractivity contribution >= 4 is 33.3 Å². The predicted molar refractivity (Wildman–Crippen MR) is 53.5 cm³/mol. The molecule has 0 amide bonds. The molecular weight excluding hydrogens is 239 g/mol. The van der Waals surface area contributed by atoms with Gasteiger partial charge in [-0.25, -0.2) is 0 Å². The topological polar surface area (TPSA) is 17.1 Å². The summed E-state index contributed by atoms with van der Waals surface area (Å²) in [6, 6.07) is 6.96. The Morgan fingerprint density at radius 1 is 1.33 bits per heavy atom. The normalized spacial score (nSPS) is 9.50. The fraction of sp³-hybridized carbons (Fsp3) is 0. The van der Waals surface area contributed by atoms with Crippen LogP contribution in [0.5, 0.6) is 0 Å². The van der Waals surface area contributed by atoms with Gasteiger partial charge >= 0.3 is 0 Å². The molecule has 0 aromatic heterocycles. The van der Waals surface area contributed by atoms with Crippen LogP contribution in [0.2, 0.25) is 0 Å². The second-order valence-corrected chi connectivity index (χ2v) is 3.61. The molecule has 3 heteroatoms. The summed E-state index contributed by atoms with van der Waals surface area (Å²) in [7, 11) is 0. The van der Waals surface area contributed by atoms with Crippen LogP contribution in [0.4, 0.5) is 0 Å². The molecule has 1 nitrogen and oxygen atoms in total. The third-order valence-electron chi connectivity index (χ3n) is 1.35. The molecule has 1 aromatic carbocycles. The van der Waals surface area contributed by atoms with E-state index in [1.54, 1.807) is 24.3 Å². The minimum Gasteiger partial charge on any atom is -0.288 e. The van der Waals surface area contributed by atoms with Gasteiger partial charge in [0.05, 0.1) is 5.03 Å². The molecule has 1 aromatic rings. The molecule has 0 atom stereocenters. The molecular formula is C9H6BrClO. The van der Waals surface area contributed by atoms with Crippen molar-refractivity contribution in [1.29, 1.82) is 0 Å². The van der Waals surface area contributed by atoms with Gasteiger partial charge in [-0.05, 0) is 24.3 Å². The number of hydrogen-bond donors (Lipinski definition) is 0. The number of allylic oxidation sites excluding steroid dienone is 1. The van der Waals surface area contributed by atoms with E-state index < -0.39 is 0 Å². The fourth-order valence-electron chi connectivity index (χ4n) is 0.758. The molecule has 0 aliphatic carbocycles. The zero-order valence-electron chi connectivity index (χ0n) is 6.18. The standard InChI is InChI=1S/C9H6BrClO/c1-6(11)9(12)7-2-4-8(10)5-3-7/h2-5H,1H2. The van der Waals surface area contributed by atoms with E-state index in [2.05, 4.69) is 22.5 Å². The SMILES string of the molecule is C=C(Cl)C(=O)c1ccc(Br)cc1. The molecule has 0 unspecified atom stereocenters. The molecule has 0 spiro atoms. The monoisotopic (exact) mass is 244 g/mol. The minimum absolute atomic E-state index is 0.0392. The quantitative estimate of drug-likeness (QED) is 0.577. The van der Waals surface area contributed by atoms with E-state index in [0.29, 0.717) is 5.56 Å². The molecule has 0 saturated carbocycles. The Hall–Kier alpha value is -0.600. The largest absolute Gasteiger partial charge is 0.288 e. The van der Waals surface area contributed by atoms with Crippen LogP contribution in [-0.4, -0.2) is 5.78 Å². The maximum Gasteiger partial charge on any atom is 0.203 e. The first-order valence-electron chi connectivity index (χ1n) is 3.26. The lowest BCUT2D eigenvalue weighted by Gasteiger charge is -1.97. The minimum atomic E-state index is -0.232. The molecule has 0 saturated heterocycles. The van der Waals surface area contributed by atoms with Gasteiger partial charge in [-0.3, -0.25) is 4.79 Å². The Kier molecular flexibility index (Phi) is 3.06. The van der Waals surface area contributed by atoms with Crippen molar-refractivity contribution in [2.75, 3.05) is 0 Å². The second kappa shape index (κ2) is 3.87. The highest BCUT2D eigenvalue weighted by Gasteiger charge is 2.06. The van der Waals surface area contributed by atoms with Crippen LogP contribution in [0.3, 0.4) is 0 Å². The first kappa shape index (κ1) is 9.49. The van der Waals surface area contributed by atoms with Crippen molar-refractivity contribution in [3.05, 3.63) is 45.9 Å². The molecule has 0 radical (unpaired) electrons. The third kappa shape index (κ3) is 2.19. The summed E-state index contributed by atoms with van der Waals surface area (Å²) in [6.07, 6.45) is 0. The average Bonchev–Trinajstić information content (AvgIpc) is 2.04. The number of Topliss-reactive ketones (excluding diaryl/α,β-unsaturated/α-hetero) is 1. The second-order valence-electron chi connectivity index (χ2n) is 2.24. The number of halogens is 2. The highest BCUT2D eigenvalue weighted by molar-refractivity contribution is 9.10. The Morgan fingerprint density at radius 2 is 1.83 bits per heavy atom. The van der Waals surface area contributed by atoms with E-state index in [1.165, 1.54) is 0 Å². The van der Waals surface area contributed by atoms with E-state index in [1.807, 2.05) is 0 Å². The smallest absolute Gasteiger partial charge is 0.203 e. The van der Waals surface area contributed by atoms with Gasteiger partial charge in [0.25, 0.3) is 0 Å². The lowest BCUT2D eigenvalue weighted by Crippen LogP contribution is -1.96. The highest BCUT2D eigenvalue weighted by atomic mass is 79.9. The third-order valence-corrected chi connectivity index (χ3v) is 2.05. The number of carbonyl (C=O) groups excluding carboxylic acids is 1. The first-order chi connectivity index (χ1) is 5.61. The van der Waals surface area contributed by atoms with Gasteiger partial charge in [0.1, 0.15) is 0 Å². The molecule has 0 heterocycles. The van der Waals surface area contributed by atoms with E-state index in [4.69, 9.17) is 11.6 Å². The molecule has 12 heavy (non-hydrogen) atoms. The number of carbonyl (C=O) groups is 1. The summed E-state index contributed by atoms with van der Waals surface area (Å²) in [5, 5.41) is 0.0392. The summed E-state index contributed by atoms with van der Waals surface area (Å²) in [4.78, 5) is 11.2. The maximum atomic E-state index is 11.2. The van der Waals surface area contributed by atoms with Crippen molar-refractivity contribution in [2.24, 2.45) is 0 Å². The van der Waals surface area contributed by atoms with Gasteiger partial charge in [0.2, 0.25) is 5.78 Å². The lowest BCUT2D eigenvalue weighted by atomic mass is 10.1. The summed E-state index contributed by atoms with van der Waals surface area (Å²) in [6.45, 7) is 3.36. The van der Waals surface area contributed by atoms with Gasteiger partial charge in [0.15, 0.2) is 0 Å². The van der Waals surface area contributed by atoms with E-state index >= 15 is 0 Å². The molecule has 0 aliphatic heterocycles. The van der Waals surface area contributed by atoms with Crippen LogP contribution in [-0.2, 0) is 0 Å². The zero-order chi connectivity index (χ0) is 9.14. The van der Waals surface area contributed by atoms with E-state index in [9.17, 15) is 4.79 Å². The predicted octanol–water partition coefficient (Wildman–Crippen LogP) is 3.38. The van der Waals surface area contributed by atoms with Crippen molar-refractivity contribution in [1.82, 2.24) is 0 Å². The Balaban J connectivity index is 2.98. The summed E-state index contributed by atoms with van der Waals surface area (Å²) < 4.78 is 0.930. The molecule has 0 aliphatic rings. The number of ketones is 1. The van der Waals surface area contributed by atoms with Crippen LogP contribution < -0.4 is 0 Å². The fourth-order valence-corrected chi connectivity index (χ4v) is 1.13. The Morgan fingerprint density at radius 3 is 2.25 bits per heavy atom.